The fourth-order valence-corrected chi connectivity index (χ4v) is 2.31. The Balaban J connectivity index is 2.00. The van der Waals surface area contributed by atoms with E-state index in [0.29, 0.717) is 28.4 Å². The molecule has 0 unspecified atom stereocenters. The van der Waals surface area contributed by atoms with Gasteiger partial charge in [-0.25, -0.2) is 9.82 Å². The summed E-state index contributed by atoms with van der Waals surface area (Å²) in [7, 11) is 0. The number of nitrogens with zero attached hydrogens (tertiary/aromatic N) is 1. The predicted molar refractivity (Wildman–Crippen MR) is 106 cm³/mol. The second kappa shape index (κ2) is 10.4. The number of rotatable bonds is 7. The van der Waals surface area contributed by atoms with Gasteiger partial charge in [0.15, 0.2) is 0 Å². The van der Waals surface area contributed by atoms with Crippen molar-refractivity contribution in [3.05, 3.63) is 64.4 Å². The zero-order valence-corrected chi connectivity index (χ0v) is 16.3. The Morgan fingerprint density at radius 2 is 2.00 bits per heavy atom. The lowest BCUT2D eigenvalue weighted by Gasteiger charge is -2.10. The number of benzene rings is 2. The largest absolute Gasteiger partial charge is 0.488 e. The van der Waals surface area contributed by atoms with Crippen LogP contribution in [0, 0.1) is 11.7 Å². The molecule has 0 aliphatic rings. The molecule has 2 N–H and O–H groups in total. The fraction of sp³-hybridized carbons (Fsp3) is 0.250. The number of ether oxygens (including phenoxy) is 1. The van der Waals surface area contributed by atoms with Crippen LogP contribution in [0.3, 0.4) is 0 Å². The number of hydrogen-bond donors (Lipinski definition) is 2. The fourth-order valence-electron chi connectivity index (χ4n) is 2.13. The zero-order chi connectivity index (χ0) is 20.5. The van der Waals surface area contributed by atoms with Crippen LogP contribution in [0.1, 0.15) is 25.0 Å². The Hall–Kier alpha value is -2.93. The quantitative estimate of drug-likeness (QED) is 0.421. The minimum absolute atomic E-state index is 0.143. The number of halogens is 2. The maximum absolute atomic E-state index is 13.3. The Bertz CT molecular complexity index is 872. The van der Waals surface area contributed by atoms with Gasteiger partial charge < -0.3 is 10.1 Å². The van der Waals surface area contributed by atoms with E-state index in [1.165, 1.54) is 18.3 Å². The standard InChI is InChI=1S/C20H21ClFN3O3/c1-13(2)10-23-19(26)20(27)25-24-11-15-9-16(21)6-7-18(15)28-12-14-4-3-5-17(22)8-14/h3-9,11,13H,10,12H2,1-2H3,(H,23,26)(H,25,27)/b24-11-. The van der Waals surface area contributed by atoms with Crippen molar-refractivity contribution in [2.45, 2.75) is 20.5 Å². The molecule has 6 nitrogen and oxygen atoms in total. The maximum Gasteiger partial charge on any atom is 0.329 e. The summed E-state index contributed by atoms with van der Waals surface area (Å²) >= 11 is 6.00. The number of nitrogens with one attached hydrogen (secondary N) is 2. The van der Waals surface area contributed by atoms with Gasteiger partial charge in [0, 0.05) is 17.1 Å². The van der Waals surface area contributed by atoms with Crippen LogP contribution in [-0.4, -0.2) is 24.6 Å². The molecule has 8 heteroatoms. The Kier molecular flexibility index (Phi) is 7.95. The van der Waals surface area contributed by atoms with Crippen molar-refractivity contribution in [1.82, 2.24) is 10.7 Å². The smallest absolute Gasteiger partial charge is 0.329 e. The van der Waals surface area contributed by atoms with Crippen molar-refractivity contribution in [3.63, 3.8) is 0 Å². The molecule has 0 aromatic heterocycles. The van der Waals surface area contributed by atoms with Crippen LogP contribution in [0.25, 0.3) is 0 Å². The molecule has 2 rings (SSSR count). The van der Waals surface area contributed by atoms with E-state index in [2.05, 4.69) is 15.8 Å². The van der Waals surface area contributed by atoms with Gasteiger partial charge in [-0.3, -0.25) is 9.59 Å². The highest BCUT2D eigenvalue weighted by molar-refractivity contribution is 6.35. The van der Waals surface area contributed by atoms with Crippen LogP contribution in [-0.2, 0) is 16.2 Å². The van der Waals surface area contributed by atoms with Crippen LogP contribution in [0.2, 0.25) is 5.02 Å². The van der Waals surface area contributed by atoms with E-state index < -0.39 is 11.8 Å². The summed E-state index contributed by atoms with van der Waals surface area (Å²) in [5, 5.41) is 6.71. The van der Waals surface area contributed by atoms with Gasteiger partial charge in [-0.15, -0.1) is 0 Å². The molecule has 148 valence electrons. The molecular formula is C20H21ClFN3O3. The maximum atomic E-state index is 13.3. The molecular weight excluding hydrogens is 385 g/mol. The van der Waals surface area contributed by atoms with Gasteiger partial charge in [0.25, 0.3) is 0 Å². The second-order valence-corrected chi connectivity index (χ2v) is 6.84. The van der Waals surface area contributed by atoms with E-state index >= 15 is 0 Å². The Morgan fingerprint density at radius 3 is 2.71 bits per heavy atom. The van der Waals surface area contributed by atoms with Crippen molar-refractivity contribution in [2.75, 3.05) is 6.54 Å². The van der Waals surface area contributed by atoms with Gasteiger partial charge in [-0.05, 0) is 41.8 Å². The first-order chi connectivity index (χ1) is 13.3. The van der Waals surface area contributed by atoms with Crippen LogP contribution in [0.4, 0.5) is 4.39 Å². The topological polar surface area (TPSA) is 79.8 Å². The molecule has 0 saturated carbocycles. The highest BCUT2D eigenvalue weighted by Crippen LogP contribution is 2.22. The van der Waals surface area contributed by atoms with E-state index in [1.54, 1.807) is 30.3 Å². The molecule has 0 bridgehead atoms. The Labute approximate surface area is 167 Å². The average molecular weight is 406 g/mol. The zero-order valence-electron chi connectivity index (χ0n) is 15.5. The van der Waals surface area contributed by atoms with E-state index in [0.717, 1.165) is 0 Å². The summed E-state index contributed by atoms with van der Waals surface area (Å²) in [6.07, 6.45) is 1.32. The summed E-state index contributed by atoms with van der Waals surface area (Å²) in [6, 6.07) is 10.9. The Morgan fingerprint density at radius 1 is 1.21 bits per heavy atom. The molecule has 0 aliphatic carbocycles. The summed E-state index contributed by atoms with van der Waals surface area (Å²) < 4.78 is 19.0. The molecule has 0 heterocycles. The van der Waals surface area contributed by atoms with Crippen molar-refractivity contribution in [3.8, 4) is 5.75 Å². The number of hydrogen-bond acceptors (Lipinski definition) is 4. The third-order valence-electron chi connectivity index (χ3n) is 3.50. The summed E-state index contributed by atoms with van der Waals surface area (Å²) in [5.41, 5.74) is 3.31. The normalized spacial score (nSPS) is 10.9. The van der Waals surface area contributed by atoms with Gasteiger partial charge in [-0.2, -0.15) is 5.10 Å². The SMILES string of the molecule is CC(C)CNC(=O)C(=O)N/N=C\c1cc(Cl)ccc1OCc1cccc(F)c1. The number of carbonyl (C=O) groups is 2. The van der Waals surface area contributed by atoms with Crippen molar-refractivity contribution in [1.29, 1.82) is 0 Å². The van der Waals surface area contributed by atoms with Crippen molar-refractivity contribution >= 4 is 29.6 Å². The minimum atomic E-state index is -0.874. The monoisotopic (exact) mass is 405 g/mol. The third-order valence-corrected chi connectivity index (χ3v) is 3.74. The van der Waals surface area contributed by atoms with Crippen LogP contribution >= 0.6 is 11.6 Å². The van der Waals surface area contributed by atoms with E-state index in [9.17, 15) is 14.0 Å². The van der Waals surface area contributed by atoms with Gasteiger partial charge in [0.2, 0.25) is 0 Å². The van der Waals surface area contributed by atoms with Crippen molar-refractivity contribution in [2.24, 2.45) is 11.0 Å². The molecule has 0 aliphatic heterocycles. The molecule has 0 radical (unpaired) electrons. The molecule has 28 heavy (non-hydrogen) atoms. The summed E-state index contributed by atoms with van der Waals surface area (Å²) in [6.45, 7) is 4.37. The molecule has 0 fully saturated rings. The van der Waals surface area contributed by atoms with Crippen LogP contribution in [0.15, 0.2) is 47.6 Å². The lowest BCUT2D eigenvalue weighted by Crippen LogP contribution is -2.39. The van der Waals surface area contributed by atoms with Crippen LogP contribution in [0.5, 0.6) is 5.75 Å². The molecule has 2 aromatic carbocycles. The van der Waals surface area contributed by atoms with Gasteiger partial charge in [0.05, 0.1) is 6.21 Å². The minimum Gasteiger partial charge on any atom is -0.488 e. The molecule has 0 spiro atoms. The van der Waals surface area contributed by atoms with Gasteiger partial charge in [0.1, 0.15) is 18.2 Å². The third kappa shape index (κ3) is 7.00. The number of hydrazone groups is 1. The first kappa shape index (κ1) is 21.4. The lowest BCUT2D eigenvalue weighted by atomic mass is 10.2. The van der Waals surface area contributed by atoms with Crippen LogP contribution < -0.4 is 15.5 Å². The van der Waals surface area contributed by atoms with Crippen molar-refractivity contribution < 1.29 is 18.7 Å². The second-order valence-electron chi connectivity index (χ2n) is 6.40. The average Bonchev–Trinajstić information content (AvgIpc) is 2.65. The van der Waals surface area contributed by atoms with E-state index in [1.807, 2.05) is 13.8 Å². The number of carbonyl (C=O) groups excluding carboxylic acids is 2. The summed E-state index contributed by atoms with van der Waals surface area (Å²) in [4.78, 5) is 23.3. The first-order valence-corrected chi connectivity index (χ1v) is 9.01. The molecule has 2 aromatic rings. The molecule has 2 amide bonds. The van der Waals surface area contributed by atoms with Gasteiger partial charge in [-0.1, -0.05) is 37.6 Å². The first-order valence-electron chi connectivity index (χ1n) is 8.63. The molecule has 0 saturated heterocycles. The lowest BCUT2D eigenvalue weighted by molar-refractivity contribution is -0.139. The van der Waals surface area contributed by atoms with E-state index in [4.69, 9.17) is 16.3 Å². The highest BCUT2D eigenvalue weighted by Gasteiger charge is 2.12. The number of amides is 2. The molecule has 0 atom stereocenters. The predicted octanol–water partition coefficient (Wildman–Crippen LogP) is 3.28. The van der Waals surface area contributed by atoms with Gasteiger partial charge >= 0.3 is 11.8 Å². The van der Waals surface area contributed by atoms with E-state index in [-0.39, 0.29) is 18.3 Å². The summed E-state index contributed by atoms with van der Waals surface area (Å²) in [5.74, 6) is -1.32. The highest BCUT2D eigenvalue weighted by atomic mass is 35.5.